The largest absolute Gasteiger partial charge is 0.395 e. The minimum Gasteiger partial charge on any atom is -0.395 e. The van der Waals surface area contributed by atoms with Crippen molar-refractivity contribution < 1.29 is 5.11 Å². The molecule has 0 amide bonds. The SMILES string of the molecule is CCC(N)N.NCCO. The summed E-state index contributed by atoms with van der Waals surface area (Å²) in [5, 5.41) is 7.75. The summed E-state index contributed by atoms with van der Waals surface area (Å²) in [6.07, 6.45) is 0.745. The van der Waals surface area contributed by atoms with Crippen molar-refractivity contribution in [2.45, 2.75) is 19.5 Å². The van der Waals surface area contributed by atoms with Crippen LogP contribution in [0.5, 0.6) is 0 Å². The van der Waals surface area contributed by atoms with Crippen LogP contribution in [-0.2, 0) is 0 Å². The van der Waals surface area contributed by atoms with Crippen LogP contribution in [-0.4, -0.2) is 24.4 Å². The van der Waals surface area contributed by atoms with Gasteiger partial charge in [-0.15, -0.1) is 0 Å². The normalized spacial score (nSPS) is 8.67. The average Bonchev–Trinajstić information content (AvgIpc) is 1.89. The first kappa shape index (κ1) is 11.6. The molecule has 58 valence electrons. The van der Waals surface area contributed by atoms with Gasteiger partial charge in [-0.2, -0.15) is 0 Å². The second kappa shape index (κ2) is 10.8. The highest BCUT2D eigenvalue weighted by Gasteiger charge is 1.79. The smallest absolute Gasteiger partial charge is 0.0553 e. The highest BCUT2D eigenvalue weighted by Crippen LogP contribution is 1.68. The summed E-state index contributed by atoms with van der Waals surface area (Å²) in [6, 6.07) is 0. The monoisotopic (exact) mass is 135 g/mol. The van der Waals surface area contributed by atoms with Gasteiger partial charge in [-0.05, 0) is 6.42 Å². The van der Waals surface area contributed by atoms with Crippen LogP contribution in [0.4, 0.5) is 0 Å². The topological polar surface area (TPSA) is 98.3 Å². The molecule has 0 aliphatic rings. The summed E-state index contributed by atoms with van der Waals surface area (Å²) in [6.45, 7) is 2.42. The molecular weight excluding hydrogens is 118 g/mol. The van der Waals surface area contributed by atoms with Crippen LogP contribution in [0, 0.1) is 0 Å². The van der Waals surface area contributed by atoms with Crippen molar-refractivity contribution in [3.63, 3.8) is 0 Å². The van der Waals surface area contributed by atoms with E-state index >= 15 is 0 Å². The molecule has 4 heteroatoms. The molecule has 0 rings (SSSR count). The van der Waals surface area contributed by atoms with E-state index in [0.717, 1.165) is 6.42 Å². The summed E-state index contributed by atoms with van der Waals surface area (Å²) in [7, 11) is 0. The van der Waals surface area contributed by atoms with E-state index in [1.54, 1.807) is 0 Å². The van der Waals surface area contributed by atoms with Crippen molar-refractivity contribution in [2.24, 2.45) is 17.2 Å². The molecule has 9 heavy (non-hydrogen) atoms. The van der Waals surface area contributed by atoms with E-state index in [2.05, 4.69) is 0 Å². The van der Waals surface area contributed by atoms with Crippen molar-refractivity contribution in [3.05, 3.63) is 0 Å². The third-order valence-electron chi connectivity index (χ3n) is 0.601. The van der Waals surface area contributed by atoms with Gasteiger partial charge in [0.25, 0.3) is 0 Å². The van der Waals surface area contributed by atoms with Crippen molar-refractivity contribution in [1.29, 1.82) is 0 Å². The molecule has 0 saturated carbocycles. The first-order valence-corrected chi connectivity index (χ1v) is 3.01. The minimum atomic E-state index is -0.116. The van der Waals surface area contributed by atoms with E-state index in [4.69, 9.17) is 22.3 Å². The van der Waals surface area contributed by atoms with Gasteiger partial charge in [0, 0.05) is 6.54 Å². The number of aliphatic hydroxyl groups is 1. The maximum absolute atomic E-state index is 7.75. The lowest BCUT2D eigenvalue weighted by Gasteiger charge is -1.92. The summed E-state index contributed by atoms with van der Waals surface area (Å²) < 4.78 is 0. The Labute approximate surface area is 56.0 Å². The molecule has 7 N–H and O–H groups in total. The summed E-state index contributed by atoms with van der Waals surface area (Å²) in [5.41, 5.74) is 14.9. The van der Waals surface area contributed by atoms with Crippen LogP contribution in [0.15, 0.2) is 0 Å². The van der Waals surface area contributed by atoms with Crippen LogP contribution in [0.25, 0.3) is 0 Å². The Kier molecular flexibility index (Phi) is 13.9. The van der Waals surface area contributed by atoms with E-state index in [9.17, 15) is 0 Å². The first-order chi connectivity index (χ1) is 4.18. The predicted molar refractivity (Wildman–Crippen MR) is 38.6 cm³/mol. The lowest BCUT2D eigenvalue weighted by Crippen LogP contribution is -2.28. The molecule has 0 fully saturated rings. The molecule has 0 saturated heterocycles. The zero-order chi connectivity index (χ0) is 7.70. The molecule has 0 aromatic heterocycles. The second-order valence-electron chi connectivity index (χ2n) is 1.58. The quantitative estimate of drug-likeness (QED) is 0.349. The standard InChI is InChI=1S/C3H10N2.C2H7NO/c1-2-3(4)5;3-1-2-4/h3H,2,4-5H2,1H3;4H,1-3H2. The molecule has 0 aliphatic carbocycles. The fourth-order valence-corrected chi connectivity index (χ4v) is 0. The van der Waals surface area contributed by atoms with E-state index < -0.39 is 0 Å². The van der Waals surface area contributed by atoms with E-state index in [1.165, 1.54) is 0 Å². The summed E-state index contributed by atoms with van der Waals surface area (Å²) in [4.78, 5) is 0. The molecule has 0 atom stereocenters. The zero-order valence-corrected chi connectivity index (χ0v) is 5.88. The molecule has 0 spiro atoms. The van der Waals surface area contributed by atoms with Crippen molar-refractivity contribution in [3.8, 4) is 0 Å². The third kappa shape index (κ3) is 33.2. The number of rotatable bonds is 2. The fourth-order valence-electron chi connectivity index (χ4n) is 0. The van der Waals surface area contributed by atoms with Crippen molar-refractivity contribution >= 4 is 0 Å². The van der Waals surface area contributed by atoms with Gasteiger partial charge in [0.05, 0.1) is 12.8 Å². The second-order valence-corrected chi connectivity index (χ2v) is 1.58. The van der Waals surface area contributed by atoms with Crippen LogP contribution in [0.2, 0.25) is 0 Å². The highest BCUT2D eigenvalue weighted by atomic mass is 16.3. The molecule has 0 heterocycles. The Bertz CT molecular complexity index is 39.2. The molecule has 0 unspecified atom stereocenters. The Balaban J connectivity index is 0. The van der Waals surface area contributed by atoms with Gasteiger partial charge in [-0.25, -0.2) is 0 Å². The molecule has 0 aromatic carbocycles. The summed E-state index contributed by atoms with van der Waals surface area (Å²) in [5.74, 6) is 0. The lowest BCUT2D eigenvalue weighted by atomic mass is 10.4. The van der Waals surface area contributed by atoms with Gasteiger partial charge in [0.2, 0.25) is 0 Å². The summed E-state index contributed by atoms with van der Waals surface area (Å²) >= 11 is 0. The molecule has 0 aliphatic heterocycles. The predicted octanol–water partition coefficient (Wildman–Crippen LogP) is -1.42. The van der Waals surface area contributed by atoms with Crippen LogP contribution in [0.3, 0.4) is 0 Å². The lowest BCUT2D eigenvalue weighted by molar-refractivity contribution is 0.306. The van der Waals surface area contributed by atoms with Gasteiger partial charge in [-0.1, -0.05) is 6.92 Å². The van der Waals surface area contributed by atoms with Gasteiger partial charge >= 0.3 is 0 Å². The van der Waals surface area contributed by atoms with Gasteiger partial charge in [-0.3, -0.25) is 0 Å². The van der Waals surface area contributed by atoms with E-state index in [0.29, 0.717) is 6.54 Å². The number of aliphatic hydroxyl groups excluding tert-OH is 1. The maximum Gasteiger partial charge on any atom is 0.0553 e. The van der Waals surface area contributed by atoms with Crippen molar-refractivity contribution in [1.82, 2.24) is 0 Å². The first-order valence-electron chi connectivity index (χ1n) is 3.01. The molecule has 0 aromatic rings. The van der Waals surface area contributed by atoms with Gasteiger partial charge < -0.3 is 22.3 Å². The molecule has 0 bridgehead atoms. The number of nitrogens with two attached hydrogens (primary N) is 3. The van der Waals surface area contributed by atoms with Gasteiger partial charge in [0.15, 0.2) is 0 Å². The highest BCUT2D eigenvalue weighted by molar-refractivity contribution is 4.40. The fraction of sp³-hybridized carbons (Fsp3) is 1.00. The number of hydrogen-bond acceptors (Lipinski definition) is 4. The Hall–Kier alpha value is -0.160. The van der Waals surface area contributed by atoms with E-state index in [-0.39, 0.29) is 12.8 Å². The minimum absolute atomic E-state index is 0.0972. The van der Waals surface area contributed by atoms with E-state index in [1.807, 2.05) is 6.92 Å². The van der Waals surface area contributed by atoms with Crippen molar-refractivity contribution in [2.75, 3.05) is 13.2 Å². The molecule has 0 radical (unpaired) electrons. The zero-order valence-electron chi connectivity index (χ0n) is 5.88. The Morgan fingerprint density at radius 1 is 1.44 bits per heavy atom. The average molecular weight is 135 g/mol. The molecular formula is C5H17N3O. The number of hydrogen-bond donors (Lipinski definition) is 4. The van der Waals surface area contributed by atoms with Crippen LogP contribution >= 0.6 is 0 Å². The Morgan fingerprint density at radius 3 is 1.67 bits per heavy atom. The Morgan fingerprint density at radius 2 is 1.67 bits per heavy atom. The maximum atomic E-state index is 7.75. The molecule has 4 nitrogen and oxygen atoms in total. The van der Waals surface area contributed by atoms with Crippen LogP contribution < -0.4 is 17.2 Å². The van der Waals surface area contributed by atoms with Gasteiger partial charge in [0.1, 0.15) is 0 Å². The third-order valence-corrected chi connectivity index (χ3v) is 0.601. The van der Waals surface area contributed by atoms with Crippen LogP contribution in [0.1, 0.15) is 13.3 Å².